The molecule has 0 aliphatic carbocycles. The topological polar surface area (TPSA) is 40.5 Å². The van der Waals surface area contributed by atoms with Gasteiger partial charge in [-0.25, -0.2) is 0 Å². The smallest absolute Gasteiger partial charge is 0.308 e. The first kappa shape index (κ1) is 12.9. The summed E-state index contributed by atoms with van der Waals surface area (Å²) in [6.07, 6.45) is 0.844. The van der Waals surface area contributed by atoms with Crippen LogP contribution >= 0.6 is 0 Å². The van der Waals surface area contributed by atoms with E-state index in [0.29, 0.717) is 5.92 Å². The quantitative estimate of drug-likeness (QED) is 0.889. The standard InChI is InChI=1S/C15H21NO2/c1-10(2)9-16-13-7-5-4-6-12(13)8-14(16)11(3)15(17)18/h4-7,10-11,14H,8-9H2,1-3H3,(H,17,18). The van der Waals surface area contributed by atoms with Crippen molar-refractivity contribution in [2.45, 2.75) is 33.2 Å². The van der Waals surface area contributed by atoms with Crippen LogP contribution in [0.2, 0.25) is 0 Å². The van der Waals surface area contributed by atoms with Crippen LogP contribution in [0, 0.1) is 11.8 Å². The van der Waals surface area contributed by atoms with E-state index in [0.717, 1.165) is 13.0 Å². The normalized spacial score (nSPS) is 20.0. The Bertz CT molecular complexity index is 442. The third kappa shape index (κ3) is 2.35. The second-order valence-corrected chi connectivity index (χ2v) is 5.57. The lowest BCUT2D eigenvalue weighted by Crippen LogP contribution is -2.42. The van der Waals surface area contributed by atoms with Gasteiger partial charge in [-0.3, -0.25) is 4.79 Å². The molecule has 0 saturated carbocycles. The number of aliphatic carboxylic acids is 1. The lowest BCUT2D eigenvalue weighted by Gasteiger charge is -2.31. The molecule has 0 spiro atoms. The molecular formula is C15H21NO2. The molecule has 1 N–H and O–H groups in total. The van der Waals surface area contributed by atoms with E-state index in [4.69, 9.17) is 0 Å². The summed E-state index contributed by atoms with van der Waals surface area (Å²) in [6, 6.07) is 8.35. The van der Waals surface area contributed by atoms with Gasteiger partial charge in [-0.05, 0) is 30.9 Å². The van der Waals surface area contributed by atoms with Crippen LogP contribution in [0.3, 0.4) is 0 Å². The van der Waals surface area contributed by atoms with Gasteiger partial charge in [0, 0.05) is 18.3 Å². The lowest BCUT2D eigenvalue weighted by molar-refractivity contribution is -0.141. The number of hydrogen-bond donors (Lipinski definition) is 1. The highest BCUT2D eigenvalue weighted by atomic mass is 16.4. The van der Waals surface area contributed by atoms with Crippen molar-refractivity contribution in [2.24, 2.45) is 11.8 Å². The zero-order chi connectivity index (χ0) is 13.3. The molecular weight excluding hydrogens is 226 g/mol. The second kappa shape index (κ2) is 5.01. The predicted octanol–water partition coefficient (Wildman–Crippen LogP) is 2.79. The summed E-state index contributed by atoms with van der Waals surface area (Å²) in [6.45, 7) is 7.07. The fraction of sp³-hybridized carbons (Fsp3) is 0.533. The van der Waals surface area contributed by atoms with E-state index in [1.807, 2.05) is 19.1 Å². The molecule has 2 atom stereocenters. The SMILES string of the molecule is CC(C)CN1c2ccccc2CC1C(C)C(=O)O. The number of fused-ring (bicyclic) bond motifs is 1. The van der Waals surface area contributed by atoms with Gasteiger partial charge in [0.1, 0.15) is 0 Å². The van der Waals surface area contributed by atoms with Gasteiger partial charge in [0.05, 0.1) is 5.92 Å². The summed E-state index contributed by atoms with van der Waals surface area (Å²) in [5.74, 6) is -0.516. The van der Waals surface area contributed by atoms with Crippen molar-refractivity contribution in [3.05, 3.63) is 29.8 Å². The van der Waals surface area contributed by atoms with Crippen LogP contribution in [0.4, 0.5) is 5.69 Å². The van der Waals surface area contributed by atoms with Gasteiger partial charge in [0.25, 0.3) is 0 Å². The van der Waals surface area contributed by atoms with Gasteiger partial charge in [0.2, 0.25) is 0 Å². The van der Waals surface area contributed by atoms with Crippen molar-refractivity contribution in [3.63, 3.8) is 0 Å². The Morgan fingerprint density at radius 3 is 2.67 bits per heavy atom. The molecule has 0 aromatic heterocycles. The average Bonchev–Trinajstić information content (AvgIpc) is 2.66. The van der Waals surface area contributed by atoms with Crippen molar-refractivity contribution < 1.29 is 9.90 Å². The van der Waals surface area contributed by atoms with Crippen LogP contribution in [0.25, 0.3) is 0 Å². The largest absolute Gasteiger partial charge is 0.481 e. The summed E-state index contributed by atoms with van der Waals surface area (Å²) < 4.78 is 0. The lowest BCUT2D eigenvalue weighted by atomic mass is 9.97. The zero-order valence-electron chi connectivity index (χ0n) is 11.3. The Hall–Kier alpha value is -1.51. The third-order valence-corrected chi connectivity index (χ3v) is 3.66. The Balaban J connectivity index is 2.30. The molecule has 0 fully saturated rings. The van der Waals surface area contributed by atoms with E-state index >= 15 is 0 Å². The molecule has 2 unspecified atom stereocenters. The number of hydrogen-bond acceptors (Lipinski definition) is 2. The molecule has 1 aromatic rings. The van der Waals surface area contributed by atoms with E-state index in [-0.39, 0.29) is 12.0 Å². The molecule has 0 bridgehead atoms. The summed E-state index contributed by atoms with van der Waals surface area (Å²) in [4.78, 5) is 13.5. The molecule has 1 aromatic carbocycles. The second-order valence-electron chi connectivity index (χ2n) is 5.57. The Labute approximate surface area is 108 Å². The maximum absolute atomic E-state index is 11.2. The van der Waals surface area contributed by atoms with Crippen molar-refractivity contribution in [1.29, 1.82) is 0 Å². The molecule has 3 heteroatoms. The summed E-state index contributed by atoms with van der Waals surface area (Å²) in [7, 11) is 0. The summed E-state index contributed by atoms with van der Waals surface area (Å²) in [5.41, 5.74) is 2.49. The first-order valence-electron chi connectivity index (χ1n) is 6.58. The molecule has 0 radical (unpaired) electrons. The van der Waals surface area contributed by atoms with Gasteiger partial charge in [0.15, 0.2) is 0 Å². The zero-order valence-corrected chi connectivity index (χ0v) is 11.3. The van der Waals surface area contributed by atoms with Gasteiger partial charge < -0.3 is 10.0 Å². The monoisotopic (exact) mass is 247 g/mol. The molecule has 2 rings (SSSR count). The van der Waals surface area contributed by atoms with Crippen LogP contribution in [-0.4, -0.2) is 23.7 Å². The third-order valence-electron chi connectivity index (χ3n) is 3.66. The first-order chi connectivity index (χ1) is 8.50. The van der Waals surface area contributed by atoms with Gasteiger partial charge >= 0.3 is 5.97 Å². The van der Waals surface area contributed by atoms with Crippen LogP contribution in [-0.2, 0) is 11.2 Å². The maximum atomic E-state index is 11.2. The molecule has 1 aliphatic rings. The molecule has 0 amide bonds. The van der Waals surface area contributed by atoms with Gasteiger partial charge in [-0.15, -0.1) is 0 Å². The first-order valence-corrected chi connectivity index (χ1v) is 6.58. The van der Waals surface area contributed by atoms with E-state index in [2.05, 4.69) is 30.9 Å². The van der Waals surface area contributed by atoms with E-state index in [1.54, 1.807) is 0 Å². The number of para-hydroxylation sites is 1. The number of nitrogens with zero attached hydrogens (tertiary/aromatic N) is 1. The van der Waals surface area contributed by atoms with Crippen molar-refractivity contribution in [3.8, 4) is 0 Å². The number of rotatable bonds is 4. The van der Waals surface area contributed by atoms with Crippen LogP contribution < -0.4 is 4.90 Å². The fourth-order valence-corrected chi connectivity index (χ4v) is 2.72. The summed E-state index contributed by atoms with van der Waals surface area (Å²) >= 11 is 0. The minimum absolute atomic E-state index is 0.0855. The molecule has 1 heterocycles. The number of anilines is 1. The van der Waals surface area contributed by atoms with Crippen molar-refractivity contribution >= 4 is 11.7 Å². The van der Waals surface area contributed by atoms with E-state index < -0.39 is 5.97 Å². The highest BCUT2D eigenvalue weighted by Crippen LogP contribution is 2.35. The van der Waals surface area contributed by atoms with Crippen LogP contribution in [0.15, 0.2) is 24.3 Å². The predicted molar refractivity (Wildman–Crippen MR) is 72.9 cm³/mol. The Morgan fingerprint density at radius 1 is 1.39 bits per heavy atom. The highest BCUT2D eigenvalue weighted by Gasteiger charge is 2.35. The van der Waals surface area contributed by atoms with Gasteiger partial charge in [-0.1, -0.05) is 32.0 Å². The van der Waals surface area contributed by atoms with Crippen LogP contribution in [0.1, 0.15) is 26.3 Å². The minimum atomic E-state index is -0.707. The number of carboxylic acids is 1. The average molecular weight is 247 g/mol. The number of carbonyl (C=O) groups is 1. The highest BCUT2D eigenvalue weighted by molar-refractivity contribution is 5.73. The van der Waals surface area contributed by atoms with Crippen molar-refractivity contribution in [2.75, 3.05) is 11.4 Å². The number of benzene rings is 1. The molecule has 0 saturated heterocycles. The Morgan fingerprint density at radius 2 is 2.06 bits per heavy atom. The number of carboxylic acid groups (broad SMARTS) is 1. The Kier molecular flexibility index (Phi) is 3.60. The minimum Gasteiger partial charge on any atom is -0.481 e. The molecule has 3 nitrogen and oxygen atoms in total. The van der Waals surface area contributed by atoms with Crippen molar-refractivity contribution in [1.82, 2.24) is 0 Å². The van der Waals surface area contributed by atoms with E-state index in [9.17, 15) is 9.90 Å². The van der Waals surface area contributed by atoms with Gasteiger partial charge in [-0.2, -0.15) is 0 Å². The molecule has 1 aliphatic heterocycles. The molecule has 18 heavy (non-hydrogen) atoms. The summed E-state index contributed by atoms with van der Waals surface area (Å²) in [5, 5.41) is 9.25. The van der Waals surface area contributed by atoms with E-state index in [1.165, 1.54) is 11.3 Å². The maximum Gasteiger partial charge on any atom is 0.308 e. The van der Waals surface area contributed by atoms with Crippen LogP contribution in [0.5, 0.6) is 0 Å². The fourth-order valence-electron chi connectivity index (χ4n) is 2.72. The molecule has 98 valence electrons.